The minimum atomic E-state index is 0.557. The van der Waals surface area contributed by atoms with Crippen LogP contribution in [0.1, 0.15) is 6.42 Å². The molecule has 0 saturated carbocycles. The van der Waals surface area contributed by atoms with Gasteiger partial charge in [-0.1, -0.05) is 12.1 Å². The van der Waals surface area contributed by atoms with Crippen molar-refractivity contribution in [3.8, 4) is 0 Å². The van der Waals surface area contributed by atoms with E-state index in [9.17, 15) is 0 Å². The van der Waals surface area contributed by atoms with E-state index in [1.807, 2.05) is 12.3 Å². The molecule has 1 aromatic heterocycles. The van der Waals surface area contributed by atoms with Gasteiger partial charge in [-0.3, -0.25) is 4.98 Å². The van der Waals surface area contributed by atoms with Gasteiger partial charge in [0.2, 0.25) is 0 Å². The molecule has 0 spiro atoms. The summed E-state index contributed by atoms with van der Waals surface area (Å²) in [5.74, 6) is 0. The van der Waals surface area contributed by atoms with Crippen molar-refractivity contribution in [2.75, 3.05) is 18.4 Å². The fourth-order valence-electron chi connectivity index (χ4n) is 2.17. The predicted octanol–water partition coefficient (Wildman–Crippen LogP) is 2.01. The lowest BCUT2D eigenvalue weighted by Gasteiger charge is -2.13. The fourth-order valence-corrected chi connectivity index (χ4v) is 2.17. The predicted molar refractivity (Wildman–Crippen MR) is 66.6 cm³/mol. The smallest absolute Gasteiger partial charge is 0.0722 e. The standard InChI is InChI=1S/C13H15N3/c1-2-10-3-4-11(8-13(10)15-6-1)16-12-5-7-14-9-12/h1-4,6,8,12,14,16H,5,7,9H2. The number of fused-ring (bicyclic) bond motifs is 1. The van der Waals surface area contributed by atoms with Crippen LogP contribution in [0.3, 0.4) is 0 Å². The number of rotatable bonds is 2. The second-order valence-electron chi connectivity index (χ2n) is 4.24. The molecular formula is C13H15N3. The van der Waals surface area contributed by atoms with Crippen molar-refractivity contribution < 1.29 is 0 Å². The Morgan fingerprint density at radius 2 is 2.31 bits per heavy atom. The van der Waals surface area contributed by atoms with Crippen LogP contribution < -0.4 is 10.6 Å². The molecule has 1 unspecified atom stereocenters. The minimum Gasteiger partial charge on any atom is -0.381 e. The van der Waals surface area contributed by atoms with Gasteiger partial charge in [-0.15, -0.1) is 0 Å². The van der Waals surface area contributed by atoms with Crippen LogP contribution >= 0.6 is 0 Å². The Hall–Kier alpha value is -1.61. The number of benzene rings is 1. The lowest BCUT2D eigenvalue weighted by atomic mass is 10.2. The molecule has 2 aromatic rings. The van der Waals surface area contributed by atoms with Gasteiger partial charge in [-0.2, -0.15) is 0 Å². The van der Waals surface area contributed by atoms with Gasteiger partial charge in [-0.25, -0.2) is 0 Å². The molecule has 1 aromatic carbocycles. The average Bonchev–Trinajstić information content (AvgIpc) is 2.82. The number of aromatic nitrogens is 1. The summed E-state index contributed by atoms with van der Waals surface area (Å²) in [6, 6.07) is 11.0. The largest absolute Gasteiger partial charge is 0.381 e. The molecule has 0 bridgehead atoms. The van der Waals surface area contributed by atoms with E-state index < -0.39 is 0 Å². The lowest BCUT2D eigenvalue weighted by Crippen LogP contribution is -2.21. The third kappa shape index (κ3) is 1.86. The van der Waals surface area contributed by atoms with Crippen LogP contribution in [0.2, 0.25) is 0 Å². The highest BCUT2D eigenvalue weighted by Crippen LogP contribution is 2.18. The van der Waals surface area contributed by atoms with E-state index in [1.165, 1.54) is 17.5 Å². The van der Waals surface area contributed by atoms with Gasteiger partial charge in [0, 0.05) is 29.9 Å². The van der Waals surface area contributed by atoms with E-state index in [0.29, 0.717) is 6.04 Å². The maximum absolute atomic E-state index is 4.36. The van der Waals surface area contributed by atoms with Crippen LogP contribution in [0.5, 0.6) is 0 Å². The lowest BCUT2D eigenvalue weighted by molar-refractivity contribution is 0.793. The zero-order valence-electron chi connectivity index (χ0n) is 9.11. The number of nitrogens with zero attached hydrogens (tertiary/aromatic N) is 1. The summed E-state index contributed by atoms with van der Waals surface area (Å²) < 4.78 is 0. The number of hydrogen-bond donors (Lipinski definition) is 2. The van der Waals surface area contributed by atoms with Gasteiger partial charge in [0.15, 0.2) is 0 Å². The SMILES string of the molecule is c1cnc2cc(NC3CCNC3)ccc2c1. The molecule has 2 heterocycles. The van der Waals surface area contributed by atoms with Crippen molar-refractivity contribution in [2.45, 2.75) is 12.5 Å². The van der Waals surface area contributed by atoms with Crippen molar-refractivity contribution in [3.05, 3.63) is 36.5 Å². The molecule has 0 amide bonds. The van der Waals surface area contributed by atoms with Crippen LogP contribution in [0.15, 0.2) is 36.5 Å². The van der Waals surface area contributed by atoms with E-state index >= 15 is 0 Å². The highest BCUT2D eigenvalue weighted by Gasteiger charge is 2.13. The first kappa shape index (κ1) is 9.60. The first-order chi connectivity index (χ1) is 7.92. The molecule has 3 nitrogen and oxygen atoms in total. The van der Waals surface area contributed by atoms with Gasteiger partial charge in [0.25, 0.3) is 0 Å². The van der Waals surface area contributed by atoms with Crippen LogP contribution in [-0.4, -0.2) is 24.1 Å². The molecule has 3 heteroatoms. The number of pyridine rings is 1. The van der Waals surface area contributed by atoms with Crippen LogP contribution in [0.4, 0.5) is 5.69 Å². The van der Waals surface area contributed by atoms with Crippen LogP contribution in [0, 0.1) is 0 Å². The van der Waals surface area contributed by atoms with Crippen molar-refractivity contribution in [1.29, 1.82) is 0 Å². The van der Waals surface area contributed by atoms with Crippen LogP contribution in [-0.2, 0) is 0 Å². The van der Waals surface area contributed by atoms with Crippen LogP contribution in [0.25, 0.3) is 10.9 Å². The zero-order valence-corrected chi connectivity index (χ0v) is 9.11. The quantitative estimate of drug-likeness (QED) is 0.801. The summed E-state index contributed by atoms with van der Waals surface area (Å²) in [6.07, 6.45) is 3.03. The molecule has 1 atom stereocenters. The molecule has 3 rings (SSSR count). The summed E-state index contributed by atoms with van der Waals surface area (Å²) in [4.78, 5) is 4.36. The Morgan fingerprint density at radius 3 is 3.19 bits per heavy atom. The Morgan fingerprint density at radius 1 is 1.31 bits per heavy atom. The summed E-state index contributed by atoms with van der Waals surface area (Å²) in [5.41, 5.74) is 2.22. The van der Waals surface area contributed by atoms with Crippen molar-refractivity contribution in [1.82, 2.24) is 10.3 Å². The van der Waals surface area contributed by atoms with Crippen molar-refractivity contribution in [3.63, 3.8) is 0 Å². The molecule has 0 aliphatic carbocycles. The average molecular weight is 213 g/mol. The topological polar surface area (TPSA) is 37.0 Å². The van der Waals surface area contributed by atoms with Gasteiger partial charge >= 0.3 is 0 Å². The van der Waals surface area contributed by atoms with E-state index in [0.717, 1.165) is 18.6 Å². The normalized spacial score (nSPS) is 20.1. The molecule has 2 N–H and O–H groups in total. The first-order valence-corrected chi connectivity index (χ1v) is 5.74. The first-order valence-electron chi connectivity index (χ1n) is 5.74. The maximum atomic E-state index is 4.36. The molecule has 16 heavy (non-hydrogen) atoms. The van der Waals surface area contributed by atoms with Gasteiger partial charge in [0.05, 0.1) is 5.52 Å². The number of anilines is 1. The van der Waals surface area contributed by atoms with E-state index in [1.54, 1.807) is 0 Å². The number of nitrogens with one attached hydrogen (secondary N) is 2. The summed E-state index contributed by atoms with van der Waals surface area (Å²) in [7, 11) is 0. The Bertz CT molecular complexity index is 489. The summed E-state index contributed by atoms with van der Waals surface area (Å²) >= 11 is 0. The second kappa shape index (κ2) is 4.10. The third-order valence-corrected chi connectivity index (χ3v) is 3.04. The highest BCUT2D eigenvalue weighted by atomic mass is 15.0. The Balaban J connectivity index is 1.86. The van der Waals surface area contributed by atoms with E-state index in [2.05, 4.69) is 39.9 Å². The molecule has 1 aliphatic rings. The maximum Gasteiger partial charge on any atom is 0.0722 e. The van der Waals surface area contributed by atoms with Crippen molar-refractivity contribution in [2.24, 2.45) is 0 Å². The molecule has 1 saturated heterocycles. The van der Waals surface area contributed by atoms with Crippen molar-refractivity contribution >= 4 is 16.6 Å². The molecular weight excluding hydrogens is 198 g/mol. The Labute approximate surface area is 94.9 Å². The Kier molecular flexibility index (Phi) is 2.46. The van der Waals surface area contributed by atoms with Gasteiger partial charge in [-0.05, 0) is 31.2 Å². The third-order valence-electron chi connectivity index (χ3n) is 3.04. The zero-order chi connectivity index (χ0) is 10.8. The monoisotopic (exact) mass is 213 g/mol. The molecule has 1 aliphatic heterocycles. The van der Waals surface area contributed by atoms with E-state index in [-0.39, 0.29) is 0 Å². The second-order valence-corrected chi connectivity index (χ2v) is 4.24. The fraction of sp³-hybridized carbons (Fsp3) is 0.308. The highest BCUT2D eigenvalue weighted by molar-refractivity contribution is 5.81. The molecule has 1 fully saturated rings. The van der Waals surface area contributed by atoms with Gasteiger partial charge < -0.3 is 10.6 Å². The minimum absolute atomic E-state index is 0.557. The summed E-state index contributed by atoms with van der Waals surface area (Å²) in [5, 5.41) is 8.07. The van der Waals surface area contributed by atoms with Gasteiger partial charge in [0.1, 0.15) is 0 Å². The number of hydrogen-bond acceptors (Lipinski definition) is 3. The summed E-state index contributed by atoms with van der Waals surface area (Å²) in [6.45, 7) is 2.17. The molecule has 0 radical (unpaired) electrons. The molecule has 82 valence electrons. The van der Waals surface area contributed by atoms with E-state index in [4.69, 9.17) is 0 Å².